The van der Waals surface area contributed by atoms with E-state index in [1.54, 1.807) is 0 Å². The Balaban J connectivity index is 2.74. The van der Waals surface area contributed by atoms with Crippen molar-refractivity contribution in [2.75, 3.05) is 20.3 Å². The number of carbonyl (C=O) groups is 1. The van der Waals surface area contributed by atoms with Crippen molar-refractivity contribution >= 4 is 5.97 Å². The standard InChI is InChI=1S/C11H20O4/c1-3-9(10(12)14-2)11(13)5-4-7-15-8-6-11/h9,13H,3-8H2,1-2H3. The van der Waals surface area contributed by atoms with Gasteiger partial charge in [-0.05, 0) is 19.3 Å². The molecule has 2 atom stereocenters. The molecule has 4 heteroatoms. The minimum Gasteiger partial charge on any atom is -0.469 e. The van der Waals surface area contributed by atoms with Gasteiger partial charge in [0, 0.05) is 19.6 Å². The van der Waals surface area contributed by atoms with Crippen LogP contribution >= 0.6 is 0 Å². The average Bonchev–Trinajstić information content (AvgIpc) is 2.44. The number of aliphatic hydroxyl groups is 1. The molecule has 1 fully saturated rings. The normalized spacial score (nSPS) is 29.3. The summed E-state index contributed by atoms with van der Waals surface area (Å²) >= 11 is 0. The number of methoxy groups -OCH3 is 1. The molecular formula is C11H20O4. The zero-order valence-electron chi connectivity index (χ0n) is 9.49. The molecular weight excluding hydrogens is 196 g/mol. The van der Waals surface area contributed by atoms with Crippen LogP contribution in [0.25, 0.3) is 0 Å². The predicted octanol–water partition coefficient (Wildman–Crippen LogP) is 1.12. The lowest BCUT2D eigenvalue weighted by atomic mass is 9.80. The van der Waals surface area contributed by atoms with Crippen LogP contribution in [0.15, 0.2) is 0 Å². The second-order valence-electron chi connectivity index (χ2n) is 4.05. The molecule has 0 saturated carbocycles. The molecule has 88 valence electrons. The highest BCUT2D eigenvalue weighted by molar-refractivity contribution is 5.73. The first-order valence-corrected chi connectivity index (χ1v) is 5.52. The third-order valence-electron chi connectivity index (χ3n) is 3.12. The first-order chi connectivity index (χ1) is 7.14. The molecule has 2 unspecified atom stereocenters. The zero-order valence-corrected chi connectivity index (χ0v) is 9.49. The van der Waals surface area contributed by atoms with Crippen LogP contribution in [-0.2, 0) is 14.3 Å². The van der Waals surface area contributed by atoms with E-state index in [0.29, 0.717) is 32.5 Å². The summed E-state index contributed by atoms with van der Waals surface area (Å²) in [6, 6.07) is 0. The van der Waals surface area contributed by atoms with Crippen LogP contribution in [0.1, 0.15) is 32.6 Å². The minimum atomic E-state index is -0.946. The Kier molecular flexibility index (Phi) is 4.54. The summed E-state index contributed by atoms with van der Waals surface area (Å²) in [5, 5.41) is 10.4. The molecule has 0 aromatic heterocycles. The lowest BCUT2D eigenvalue weighted by Crippen LogP contribution is -2.43. The summed E-state index contributed by atoms with van der Waals surface area (Å²) < 4.78 is 10.0. The van der Waals surface area contributed by atoms with Crippen molar-refractivity contribution in [2.24, 2.45) is 5.92 Å². The van der Waals surface area contributed by atoms with Crippen LogP contribution in [0.4, 0.5) is 0 Å². The predicted molar refractivity (Wildman–Crippen MR) is 55.4 cm³/mol. The largest absolute Gasteiger partial charge is 0.469 e. The van der Waals surface area contributed by atoms with Crippen molar-refractivity contribution in [1.82, 2.24) is 0 Å². The van der Waals surface area contributed by atoms with Gasteiger partial charge < -0.3 is 14.6 Å². The molecule has 0 amide bonds. The van der Waals surface area contributed by atoms with Crippen molar-refractivity contribution in [3.05, 3.63) is 0 Å². The Morgan fingerprint density at radius 1 is 1.53 bits per heavy atom. The van der Waals surface area contributed by atoms with Crippen LogP contribution < -0.4 is 0 Å². The Hall–Kier alpha value is -0.610. The Labute approximate surface area is 90.6 Å². The SMILES string of the molecule is CCC(C(=O)OC)C1(O)CCCOCC1. The number of carbonyl (C=O) groups excluding carboxylic acids is 1. The topological polar surface area (TPSA) is 55.8 Å². The lowest BCUT2D eigenvalue weighted by molar-refractivity contribution is -0.157. The number of ether oxygens (including phenoxy) is 2. The number of rotatable bonds is 3. The highest BCUT2D eigenvalue weighted by atomic mass is 16.5. The van der Waals surface area contributed by atoms with E-state index < -0.39 is 11.5 Å². The van der Waals surface area contributed by atoms with E-state index in [0.717, 1.165) is 6.42 Å². The fourth-order valence-corrected chi connectivity index (χ4v) is 2.21. The van der Waals surface area contributed by atoms with Gasteiger partial charge in [0.05, 0.1) is 18.6 Å². The van der Waals surface area contributed by atoms with Crippen molar-refractivity contribution in [1.29, 1.82) is 0 Å². The monoisotopic (exact) mass is 216 g/mol. The van der Waals surface area contributed by atoms with Crippen LogP contribution in [0, 0.1) is 5.92 Å². The molecule has 1 N–H and O–H groups in total. The minimum absolute atomic E-state index is 0.318. The molecule has 0 aliphatic carbocycles. The maximum Gasteiger partial charge on any atom is 0.311 e. The first kappa shape index (κ1) is 12.5. The van der Waals surface area contributed by atoms with Gasteiger partial charge in [0.1, 0.15) is 0 Å². The molecule has 0 bridgehead atoms. The molecule has 15 heavy (non-hydrogen) atoms. The number of hydrogen-bond acceptors (Lipinski definition) is 4. The quantitative estimate of drug-likeness (QED) is 0.718. The summed E-state index contributed by atoms with van der Waals surface area (Å²) in [7, 11) is 1.36. The van der Waals surface area contributed by atoms with Gasteiger partial charge in [-0.3, -0.25) is 4.79 Å². The molecule has 0 spiro atoms. The summed E-state index contributed by atoms with van der Waals surface area (Å²) in [5.74, 6) is -0.744. The molecule has 1 heterocycles. The van der Waals surface area contributed by atoms with Crippen molar-refractivity contribution in [2.45, 2.75) is 38.2 Å². The van der Waals surface area contributed by atoms with Gasteiger partial charge in [0.25, 0.3) is 0 Å². The molecule has 1 aliphatic rings. The van der Waals surface area contributed by atoms with Crippen LogP contribution in [-0.4, -0.2) is 37.0 Å². The second kappa shape index (κ2) is 5.47. The van der Waals surface area contributed by atoms with Crippen LogP contribution in [0.2, 0.25) is 0 Å². The Morgan fingerprint density at radius 3 is 2.87 bits per heavy atom. The van der Waals surface area contributed by atoms with Crippen LogP contribution in [0.3, 0.4) is 0 Å². The zero-order chi connectivity index (χ0) is 11.3. The van der Waals surface area contributed by atoms with Gasteiger partial charge in [-0.15, -0.1) is 0 Å². The summed E-state index contributed by atoms with van der Waals surface area (Å²) in [6.45, 7) is 3.08. The summed E-state index contributed by atoms with van der Waals surface area (Å²) in [4.78, 5) is 11.5. The highest BCUT2D eigenvalue weighted by Gasteiger charge is 2.41. The molecule has 1 aliphatic heterocycles. The molecule has 4 nitrogen and oxygen atoms in total. The fourth-order valence-electron chi connectivity index (χ4n) is 2.21. The van der Waals surface area contributed by atoms with E-state index in [9.17, 15) is 9.90 Å². The molecule has 0 radical (unpaired) electrons. The number of hydrogen-bond donors (Lipinski definition) is 1. The Bertz CT molecular complexity index is 207. The van der Waals surface area contributed by atoms with E-state index in [1.165, 1.54) is 7.11 Å². The fraction of sp³-hybridized carbons (Fsp3) is 0.909. The van der Waals surface area contributed by atoms with Crippen molar-refractivity contribution < 1.29 is 19.4 Å². The smallest absolute Gasteiger partial charge is 0.311 e. The number of esters is 1. The van der Waals surface area contributed by atoms with Gasteiger partial charge >= 0.3 is 5.97 Å². The second-order valence-corrected chi connectivity index (χ2v) is 4.05. The van der Waals surface area contributed by atoms with Gasteiger partial charge in [-0.2, -0.15) is 0 Å². The van der Waals surface area contributed by atoms with Crippen LogP contribution in [0.5, 0.6) is 0 Å². The molecule has 0 aromatic carbocycles. The van der Waals surface area contributed by atoms with Gasteiger partial charge in [-0.25, -0.2) is 0 Å². The maximum absolute atomic E-state index is 11.5. The van der Waals surface area contributed by atoms with E-state index in [-0.39, 0.29) is 5.97 Å². The third kappa shape index (κ3) is 2.92. The van der Waals surface area contributed by atoms with E-state index in [2.05, 4.69) is 0 Å². The lowest BCUT2D eigenvalue weighted by Gasteiger charge is -2.32. The summed E-state index contributed by atoms with van der Waals surface area (Å²) in [6.07, 6.45) is 2.52. The average molecular weight is 216 g/mol. The van der Waals surface area contributed by atoms with Crippen molar-refractivity contribution in [3.63, 3.8) is 0 Å². The third-order valence-corrected chi connectivity index (χ3v) is 3.12. The van der Waals surface area contributed by atoms with Crippen molar-refractivity contribution in [3.8, 4) is 0 Å². The Morgan fingerprint density at radius 2 is 2.27 bits per heavy atom. The van der Waals surface area contributed by atoms with Gasteiger partial charge in [-0.1, -0.05) is 6.92 Å². The molecule has 1 rings (SSSR count). The molecule has 1 saturated heterocycles. The van der Waals surface area contributed by atoms with Gasteiger partial charge in [0.2, 0.25) is 0 Å². The highest BCUT2D eigenvalue weighted by Crippen LogP contribution is 2.32. The first-order valence-electron chi connectivity index (χ1n) is 5.52. The van der Waals surface area contributed by atoms with Gasteiger partial charge in [0.15, 0.2) is 0 Å². The maximum atomic E-state index is 11.5. The molecule has 0 aromatic rings. The summed E-state index contributed by atoms with van der Waals surface area (Å²) in [5.41, 5.74) is -0.946. The van der Waals surface area contributed by atoms with E-state index in [4.69, 9.17) is 9.47 Å². The van der Waals surface area contributed by atoms with E-state index >= 15 is 0 Å². The van der Waals surface area contributed by atoms with E-state index in [1.807, 2.05) is 6.92 Å².